The molecule has 144 valence electrons. The second kappa shape index (κ2) is 7.38. The van der Waals surface area contributed by atoms with E-state index >= 15 is 0 Å². The van der Waals surface area contributed by atoms with Crippen molar-refractivity contribution in [2.45, 2.75) is 4.90 Å². The summed E-state index contributed by atoms with van der Waals surface area (Å²) in [6.45, 7) is 0. The Kier molecular flexibility index (Phi) is 4.89. The molecular formula is C21H13BrN2O4S. The number of benzene rings is 2. The van der Waals surface area contributed by atoms with Crippen molar-refractivity contribution in [3.8, 4) is 0 Å². The van der Waals surface area contributed by atoms with Crippen molar-refractivity contribution in [1.29, 1.82) is 0 Å². The van der Waals surface area contributed by atoms with Gasteiger partial charge in [0.1, 0.15) is 0 Å². The van der Waals surface area contributed by atoms with Crippen LogP contribution in [0.1, 0.15) is 15.9 Å². The number of carbonyl (C=O) groups excluding carboxylic acids is 1. The van der Waals surface area contributed by atoms with Gasteiger partial charge in [-0.2, -0.15) is 13.0 Å². The normalized spacial score (nSPS) is 15.5. The molecule has 0 atom stereocenters. The highest BCUT2D eigenvalue weighted by Crippen LogP contribution is 2.28. The SMILES string of the molecule is O=C1C(=NS(=O)(=O)c2ccc(Br)cc2)C([n+]2ccccc2)=C([O-])c2ccccc21. The fraction of sp³-hybridized carbons (Fsp3) is 0. The van der Waals surface area contributed by atoms with Crippen molar-refractivity contribution in [1.82, 2.24) is 0 Å². The standard InChI is InChI=1S/C21H13BrN2O4S/c22-14-8-10-15(11-9-14)29(27,28)23-18-19(24-12-4-1-5-13-24)21(26)17-7-3-2-6-16(17)20(18)25/h1-13H. The fourth-order valence-electron chi connectivity index (χ4n) is 3.00. The Hall–Kier alpha value is -3.10. The van der Waals surface area contributed by atoms with Crippen molar-refractivity contribution < 1.29 is 22.9 Å². The lowest BCUT2D eigenvalue weighted by atomic mass is 9.91. The third-order valence-electron chi connectivity index (χ3n) is 4.37. The van der Waals surface area contributed by atoms with E-state index in [4.69, 9.17) is 0 Å². The number of carbonyl (C=O) groups is 1. The van der Waals surface area contributed by atoms with Gasteiger partial charge in [0.05, 0.1) is 4.90 Å². The van der Waals surface area contributed by atoms with E-state index in [-0.39, 0.29) is 21.7 Å². The molecule has 0 aliphatic heterocycles. The minimum absolute atomic E-state index is 0.0790. The predicted octanol–water partition coefficient (Wildman–Crippen LogP) is 2.45. The number of allylic oxidation sites excluding steroid dienone is 1. The maximum absolute atomic E-state index is 13.1. The molecule has 0 amide bonds. The van der Waals surface area contributed by atoms with E-state index < -0.39 is 27.3 Å². The van der Waals surface area contributed by atoms with Gasteiger partial charge in [-0.05, 0) is 35.6 Å². The Labute approximate surface area is 175 Å². The number of ketones is 1. The van der Waals surface area contributed by atoms with E-state index in [1.807, 2.05) is 0 Å². The van der Waals surface area contributed by atoms with Gasteiger partial charge < -0.3 is 5.11 Å². The third-order valence-corrected chi connectivity index (χ3v) is 6.19. The van der Waals surface area contributed by atoms with Crippen LogP contribution in [0, 0.1) is 0 Å². The molecule has 6 nitrogen and oxygen atoms in total. The van der Waals surface area contributed by atoms with E-state index in [9.17, 15) is 18.3 Å². The summed E-state index contributed by atoms with van der Waals surface area (Å²) in [7, 11) is -4.22. The summed E-state index contributed by atoms with van der Waals surface area (Å²) in [6, 6.07) is 17.3. The minimum Gasteiger partial charge on any atom is -0.867 e. The van der Waals surface area contributed by atoms with E-state index in [1.54, 1.807) is 60.9 Å². The van der Waals surface area contributed by atoms with Crippen LogP contribution >= 0.6 is 15.9 Å². The number of halogens is 1. The highest BCUT2D eigenvalue weighted by molar-refractivity contribution is 9.10. The molecule has 0 spiro atoms. The first kappa shape index (κ1) is 19.2. The number of nitrogens with zero attached hydrogens (tertiary/aromatic N) is 2. The first-order valence-electron chi connectivity index (χ1n) is 8.51. The molecule has 1 aliphatic rings. The zero-order valence-electron chi connectivity index (χ0n) is 14.8. The Bertz CT molecular complexity index is 1280. The van der Waals surface area contributed by atoms with E-state index in [0.717, 1.165) is 0 Å². The average molecular weight is 469 g/mol. The van der Waals surface area contributed by atoms with Crippen LogP contribution in [-0.2, 0) is 10.0 Å². The number of hydrogen-bond donors (Lipinski definition) is 0. The van der Waals surface area contributed by atoms with Gasteiger partial charge in [0.2, 0.25) is 11.5 Å². The van der Waals surface area contributed by atoms with Crippen LogP contribution in [0.5, 0.6) is 0 Å². The number of pyridine rings is 1. The summed E-state index contributed by atoms with van der Waals surface area (Å²) in [5.74, 6) is -1.09. The zero-order chi connectivity index (χ0) is 20.6. The lowest BCUT2D eigenvalue weighted by Crippen LogP contribution is -2.43. The molecular weight excluding hydrogens is 456 g/mol. The van der Waals surface area contributed by atoms with E-state index in [0.29, 0.717) is 4.47 Å². The second-order valence-corrected chi connectivity index (χ2v) is 8.72. The Morgan fingerprint density at radius 2 is 1.48 bits per heavy atom. The molecule has 3 aromatic rings. The van der Waals surface area contributed by atoms with Crippen LogP contribution in [0.2, 0.25) is 0 Å². The van der Waals surface area contributed by atoms with Gasteiger partial charge in [-0.3, -0.25) is 4.79 Å². The van der Waals surface area contributed by atoms with Crippen molar-refractivity contribution in [2.24, 2.45) is 4.40 Å². The molecule has 0 unspecified atom stereocenters. The zero-order valence-corrected chi connectivity index (χ0v) is 17.2. The van der Waals surface area contributed by atoms with Crippen molar-refractivity contribution >= 4 is 48.9 Å². The predicted molar refractivity (Wildman–Crippen MR) is 109 cm³/mol. The van der Waals surface area contributed by atoms with Crippen molar-refractivity contribution in [3.05, 3.63) is 94.7 Å². The maximum atomic E-state index is 13.1. The molecule has 0 bridgehead atoms. The number of hydrogen-bond acceptors (Lipinski definition) is 4. The summed E-state index contributed by atoms with van der Waals surface area (Å²) in [5, 5.41) is 13.1. The number of sulfonamides is 1. The Morgan fingerprint density at radius 1 is 0.862 bits per heavy atom. The number of Topliss-reactive ketones (excluding diaryl/α,β-unsaturated/α-hetero) is 1. The largest absolute Gasteiger partial charge is 0.867 e. The quantitative estimate of drug-likeness (QED) is 0.552. The molecule has 0 N–H and O–H groups in total. The van der Waals surface area contributed by atoms with Gasteiger partial charge in [0, 0.05) is 22.2 Å². The van der Waals surface area contributed by atoms with Gasteiger partial charge in [0.25, 0.3) is 10.0 Å². The molecule has 0 radical (unpaired) electrons. The molecule has 2 aromatic carbocycles. The van der Waals surface area contributed by atoms with Gasteiger partial charge in [-0.15, -0.1) is 4.40 Å². The van der Waals surface area contributed by atoms with Gasteiger partial charge >= 0.3 is 0 Å². The molecule has 1 aromatic heterocycles. The van der Waals surface area contributed by atoms with Crippen LogP contribution in [0.25, 0.3) is 11.5 Å². The average Bonchev–Trinajstić information content (AvgIpc) is 2.73. The lowest BCUT2D eigenvalue weighted by Gasteiger charge is -2.23. The smallest absolute Gasteiger partial charge is 0.283 e. The van der Waals surface area contributed by atoms with Crippen molar-refractivity contribution in [3.63, 3.8) is 0 Å². The number of rotatable bonds is 3. The van der Waals surface area contributed by atoms with Crippen molar-refractivity contribution in [2.75, 3.05) is 0 Å². The summed E-state index contributed by atoms with van der Waals surface area (Å²) in [4.78, 5) is 13.0. The third kappa shape index (κ3) is 3.52. The topological polar surface area (TPSA) is 90.5 Å². The lowest BCUT2D eigenvalue weighted by molar-refractivity contribution is -0.577. The molecule has 4 rings (SSSR count). The Balaban J connectivity index is 1.98. The summed E-state index contributed by atoms with van der Waals surface area (Å²) >= 11 is 3.25. The molecule has 29 heavy (non-hydrogen) atoms. The maximum Gasteiger partial charge on any atom is 0.283 e. The molecule has 8 heteroatoms. The summed E-state index contributed by atoms with van der Waals surface area (Å²) in [5.41, 5.74) is -0.172. The molecule has 1 aliphatic carbocycles. The molecule has 0 saturated heterocycles. The second-order valence-electron chi connectivity index (χ2n) is 6.20. The van der Waals surface area contributed by atoms with Crippen LogP contribution < -0.4 is 9.67 Å². The summed E-state index contributed by atoms with van der Waals surface area (Å²) < 4.78 is 31.6. The van der Waals surface area contributed by atoms with Gasteiger partial charge in [-0.25, -0.2) is 0 Å². The van der Waals surface area contributed by atoms with Crippen LogP contribution in [0.4, 0.5) is 0 Å². The first-order chi connectivity index (χ1) is 13.9. The van der Waals surface area contributed by atoms with E-state index in [1.165, 1.54) is 22.8 Å². The van der Waals surface area contributed by atoms with Crippen LogP contribution in [-0.4, -0.2) is 19.9 Å². The highest BCUT2D eigenvalue weighted by Gasteiger charge is 2.35. The first-order valence-corrected chi connectivity index (χ1v) is 10.7. The number of fused-ring (bicyclic) bond motifs is 1. The Morgan fingerprint density at radius 3 is 2.14 bits per heavy atom. The van der Waals surface area contributed by atoms with Crippen LogP contribution in [0.3, 0.4) is 0 Å². The van der Waals surface area contributed by atoms with Gasteiger partial charge in [-0.1, -0.05) is 46.3 Å². The highest BCUT2D eigenvalue weighted by atomic mass is 79.9. The minimum atomic E-state index is -4.22. The molecule has 0 saturated carbocycles. The van der Waals surface area contributed by atoms with Crippen LogP contribution in [0.15, 0.2) is 92.9 Å². The number of aromatic nitrogens is 1. The monoisotopic (exact) mass is 468 g/mol. The molecule has 1 heterocycles. The molecule has 0 fully saturated rings. The fourth-order valence-corrected chi connectivity index (χ4v) is 4.26. The van der Waals surface area contributed by atoms with E-state index in [2.05, 4.69) is 20.3 Å². The summed E-state index contributed by atoms with van der Waals surface area (Å²) in [6.07, 6.45) is 3.13. The van der Waals surface area contributed by atoms with Gasteiger partial charge in [0.15, 0.2) is 18.1 Å².